The van der Waals surface area contributed by atoms with Crippen LogP contribution in [0.25, 0.3) is 0 Å². The SMILES string of the molecule is CC(CSNC(C)(C)C)C(=O)NCCCNc1cccc2c1C(=O)N(C1CCC(=O)NC1=O)C2=O.CCC(=O)Oc1ccc([N+](=O)[O-])cc1. The number of rotatable bonds is 13. The number of nitrogens with zero attached hydrogens (tertiary/aromatic N) is 2. The molecule has 1 saturated heterocycles. The number of ether oxygens (including phenoxy) is 1. The maximum Gasteiger partial charge on any atom is 0.310 e. The molecule has 16 heteroatoms. The van der Waals surface area contributed by atoms with Gasteiger partial charge in [0.2, 0.25) is 17.7 Å². The minimum atomic E-state index is -0.998. The summed E-state index contributed by atoms with van der Waals surface area (Å²) in [4.78, 5) is 83.5. The third-order valence-corrected chi connectivity index (χ3v) is 8.59. The first-order chi connectivity index (χ1) is 23.1. The topological polar surface area (TPSA) is 206 Å². The van der Waals surface area contributed by atoms with E-state index in [-0.39, 0.29) is 59.4 Å². The second-order valence-corrected chi connectivity index (χ2v) is 13.2. The molecule has 264 valence electrons. The summed E-state index contributed by atoms with van der Waals surface area (Å²) in [5, 5.41) is 18.6. The zero-order valence-electron chi connectivity index (χ0n) is 28.1. The molecule has 4 N–H and O–H groups in total. The fourth-order valence-electron chi connectivity index (χ4n) is 4.66. The largest absolute Gasteiger partial charge is 0.427 e. The number of amides is 5. The Balaban J connectivity index is 0.000000388. The highest BCUT2D eigenvalue weighted by atomic mass is 32.2. The molecule has 2 atom stereocenters. The molecule has 1 fully saturated rings. The lowest BCUT2D eigenvalue weighted by atomic mass is 10.0. The van der Waals surface area contributed by atoms with Gasteiger partial charge in [-0.15, -0.1) is 0 Å². The van der Waals surface area contributed by atoms with Crippen LogP contribution in [-0.4, -0.2) is 75.8 Å². The number of hydrogen-bond donors (Lipinski definition) is 4. The van der Waals surface area contributed by atoms with Crippen LogP contribution >= 0.6 is 11.9 Å². The Morgan fingerprint density at radius 3 is 2.39 bits per heavy atom. The molecule has 0 radical (unpaired) electrons. The third-order valence-electron chi connectivity index (χ3n) is 7.16. The van der Waals surface area contributed by atoms with Crippen LogP contribution in [-0.2, 0) is 19.2 Å². The molecule has 5 amide bonds. The van der Waals surface area contributed by atoms with E-state index in [1.165, 1.54) is 36.2 Å². The summed E-state index contributed by atoms with van der Waals surface area (Å²) in [6.45, 7) is 10.7. The van der Waals surface area contributed by atoms with E-state index in [9.17, 15) is 38.9 Å². The van der Waals surface area contributed by atoms with E-state index >= 15 is 0 Å². The first-order valence-electron chi connectivity index (χ1n) is 15.8. The molecule has 2 aliphatic rings. The second kappa shape index (κ2) is 17.5. The molecule has 2 aromatic carbocycles. The Hall–Kier alpha value is -4.83. The second-order valence-electron chi connectivity index (χ2n) is 12.4. The van der Waals surface area contributed by atoms with Gasteiger partial charge < -0.3 is 15.4 Å². The zero-order valence-corrected chi connectivity index (χ0v) is 28.9. The van der Waals surface area contributed by atoms with Gasteiger partial charge in [0.15, 0.2) is 0 Å². The Labute approximate surface area is 288 Å². The van der Waals surface area contributed by atoms with Gasteiger partial charge in [0, 0.05) is 61.0 Å². The zero-order chi connectivity index (χ0) is 36.3. The fourth-order valence-corrected chi connectivity index (χ4v) is 5.58. The Morgan fingerprint density at radius 2 is 1.78 bits per heavy atom. The Bertz CT molecular complexity index is 1580. The highest BCUT2D eigenvalue weighted by molar-refractivity contribution is 7.97. The number of nitro groups is 1. The monoisotopic (exact) mass is 698 g/mol. The van der Waals surface area contributed by atoms with Crippen LogP contribution in [0.4, 0.5) is 11.4 Å². The average Bonchev–Trinajstić information content (AvgIpc) is 3.30. The lowest BCUT2D eigenvalue weighted by Crippen LogP contribution is -2.54. The molecule has 4 rings (SSSR count). The van der Waals surface area contributed by atoms with E-state index in [4.69, 9.17) is 4.74 Å². The molecule has 2 aromatic rings. The van der Waals surface area contributed by atoms with Crippen molar-refractivity contribution in [2.24, 2.45) is 5.92 Å². The number of carbonyl (C=O) groups excluding carboxylic acids is 6. The number of anilines is 1. The molecule has 0 saturated carbocycles. The average molecular weight is 699 g/mol. The molecule has 2 heterocycles. The number of nitro benzene ring substituents is 1. The molecule has 49 heavy (non-hydrogen) atoms. The Kier molecular flexibility index (Phi) is 13.8. The van der Waals surface area contributed by atoms with Gasteiger partial charge in [0.25, 0.3) is 17.5 Å². The molecule has 15 nitrogen and oxygen atoms in total. The number of hydrogen-bond acceptors (Lipinski definition) is 12. The molecule has 0 aromatic heterocycles. The molecular formula is C33H42N6O9S. The number of nitrogens with one attached hydrogen (secondary N) is 4. The quantitative estimate of drug-likeness (QED) is 0.0451. The summed E-state index contributed by atoms with van der Waals surface area (Å²) >= 11 is 1.53. The van der Waals surface area contributed by atoms with Crippen molar-refractivity contribution in [2.75, 3.05) is 24.2 Å². The van der Waals surface area contributed by atoms with E-state index in [1.807, 2.05) is 6.92 Å². The molecule has 0 bridgehead atoms. The van der Waals surface area contributed by atoms with Gasteiger partial charge in [0.1, 0.15) is 11.8 Å². The number of esters is 1. The predicted molar refractivity (Wildman–Crippen MR) is 183 cm³/mol. The fraction of sp³-hybridized carbons (Fsp3) is 0.455. The van der Waals surface area contributed by atoms with Crippen molar-refractivity contribution in [1.29, 1.82) is 0 Å². The van der Waals surface area contributed by atoms with Crippen molar-refractivity contribution in [2.45, 2.75) is 71.9 Å². The van der Waals surface area contributed by atoms with Crippen LogP contribution in [0.5, 0.6) is 5.75 Å². The van der Waals surface area contributed by atoms with Gasteiger partial charge in [-0.2, -0.15) is 0 Å². The molecule has 2 unspecified atom stereocenters. The van der Waals surface area contributed by atoms with Crippen LogP contribution in [0.2, 0.25) is 0 Å². The first kappa shape index (κ1) is 38.6. The van der Waals surface area contributed by atoms with Crippen molar-refractivity contribution in [3.63, 3.8) is 0 Å². The van der Waals surface area contributed by atoms with Crippen molar-refractivity contribution >= 4 is 58.8 Å². The van der Waals surface area contributed by atoms with Gasteiger partial charge in [-0.3, -0.25) is 53.8 Å². The van der Waals surface area contributed by atoms with Crippen molar-refractivity contribution in [3.8, 4) is 5.75 Å². The summed E-state index contributed by atoms with van der Waals surface area (Å²) in [6, 6.07) is 9.31. The van der Waals surface area contributed by atoms with Crippen molar-refractivity contribution in [1.82, 2.24) is 20.3 Å². The van der Waals surface area contributed by atoms with Crippen molar-refractivity contribution < 1.29 is 38.4 Å². The van der Waals surface area contributed by atoms with Crippen molar-refractivity contribution in [3.05, 3.63) is 63.7 Å². The highest BCUT2D eigenvalue weighted by Gasteiger charge is 2.45. The van der Waals surface area contributed by atoms with E-state index in [0.29, 0.717) is 36.7 Å². The van der Waals surface area contributed by atoms with Crippen LogP contribution in [0, 0.1) is 16.0 Å². The maximum absolute atomic E-state index is 13.1. The Morgan fingerprint density at radius 1 is 1.08 bits per heavy atom. The van der Waals surface area contributed by atoms with Crippen LogP contribution < -0.4 is 25.4 Å². The minimum Gasteiger partial charge on any atom is -0.427 e. The minimum absolute atomic E-state index is 0.0188. The third kappa shape index (κ3) is 11.1. The molecule has 0 aliphatic carbocycles. The van der Waals surface area contributed by atoms with Gasteiger partial charge in [-0.1, -0.05) is 31.9 Å². The lowest BCUT2D eigenvalue weighted by Gasteiger charge is -2.27. The van der Waals surface area contributed by atoms with Gasteiger partial charge in [0.05, 0.1) is 16.1 Å². The first-order valence-corrected chi connectivity index (χ1v) is 16.8. The molecule has 0 spiro atoms. The number of imide groups is 2. The number of non-ortho nitro benzene ring substituents is 1. The van der Waals surface area contributed by atoms with E-state index in [2.05, 4.69) is 41.4 Å². The van der Waals surface area contributed by atoms with E-state index in [0.717, 1.165) is 4.90 Å². The van der Waals surface area contributed by atoms with Gasteiger partial charge in [-0.25, -0.2) is 0 Å². The van der Waals surface area contributed by atoms with E-state index in [1.54, 1.807) is 25.1 Å². The predicted octanol–water partition coefficient (Wildman–Crippen LogP) is 3.59. The van der Waals surface area contributed by atoms with E-state index < -0.39 is 34.6 Å². The van der Waals surface area contributed by atoms with Crippen LogP contribution in [0.15, 0.2) is 42.5 Å². The summed E-state index contributed by atoms with van der Waals surface area (Å²) in [6.07, 6.45) is 1.08. The standard InChI is InChI=1S/C24H33N5O5S.C9H9NO4/c1-14(13-35-28-24(2,3)4)20(31)26-12-6-11-25-16-8-5-7-15-19(16)23(34)29(22(15)33)17-9-10-18(30)27-21(17)32;1-2-9(11)14-8-5-3-7(4-6-8)10(12)13/h5,7-8,14,17,25,28H,6,9-13H2,1-4H3,(H,26,31)(H,27,30,32);3-6H,2H2,1H3. The lowest BCUT2D eigenvalue weighted by molar-refractivity contribution is -0.384. The van der Waals surface area contributed by atoms with Gasteiger partial charge in [-0.05, 0) is 57.9 Å². The normalized spacial score (nSPS) is 16.2. The highest BCUT2D eigenvalue weighted by Crippen LogP contribution is 2.32. The maximum atomic E-state index is 13.1. The smallest absolute Gasteiger partial charge is 0.310 e. The number of fused-ring (bicyclic) bond motifs is 1. The number of benzene rings is 2. The van der Waals surface area contributed by atoms with Crippen LogP contribution in [0.1, 0.15) is 81.0 Å². The molecular weight excluding hydrogens is 656 g/mol. The summed E-state index contributed by atoms with van der Waals surface area (Å²) in [5.74, 6) is -1.67. The summed E-state index contributed by atoms with van der Waals surface area (Å²) < 4.78 is 8.13. The molecule has 2 aliphatic heterocycles. The van der Waals surface area contributed by atoms with Gasteiger partial charge >= 0.3 is 5.97 Å². The number of carbonyl (C=O) groups is 6. The van der Waals surface area contributed by atoms with Crippen LogP contribution in [0.3, 0.4) is 0 Å². The summed E-state index contributed by atoms with van der Waals surface area (Å²) in [5.41, 5.74) is 0.910. The summed E-state index contributed by atoms with van der Waals surface area (Å²) in [7, 11) is 0. The number of piperidine rings is 1.